The highest BCUT2D eigenvalue weighted by atomic mass is 35.5. The van der Waals surface area contributed by atoms with Crippen LogP contribution in [-0.2, 0) is 0 Å². The second-order valence-electron chi connectivity index (χ2n) is 2.67. The van der Waals surface area contributed by atoms with Crippen LogP contribution in [0.5, 0.6) is 0 Å². The highest BCUT2D eigenvalue weighted by molar-refractivity contribution is 6.32. The van der Waals surface area contributed by atoms with Crippen molar-refractivity contribution < 1.29 is 14.9 Å². The number of alkyl halides is 1. The van der Waals surface area contributed by atoms with E-state index in [-0.39, 0.29) is 18.1 Å². The lowest BCUT2D eigenvalue weighted by molar-refractivity contribution is -0.749. The molecule has 0 unspecified atom stereocenters. The largest absolute Gasteiger partial charge is 0.601 e. The van der Waals surface area contributed by atoms with Gasteiger partial charge in [-0.3, -0.25) is 25.2 Å². The summed E-state index contributed by atoms with van der Waals surface area (Å²) in [5, 5.41) is 27.3. The zero-order valence-electron chi connectivity index (χ0n) is 7.48. The molecule has 0 aromatic heterocycles. The number of rotatable bonds is 4. The summed E-state index contributed by atoms with van der Waals surface area (Å²) in [7, 11) is 0. The van der Waals surface area contributed by atoms with E-state index in [1.807, 2.05) is 0 Å². The molecule has 1 aliphatic rings. The third-order valence-electron chi connectivity index (χ3n) is 1.78. The number of aliphatic imine (C=N–C) groups is 1. The van der Waals surface area contributed by atoms with Crippen molar-refractivity contribution in [3.8, 4) is 0 Å². The number of nitro groups is 3. The molecule has 0 saturated carbocycles. The Morgan fingerprint density at radius 1 is 1.25 bits per heavy atom. The van der Waals surface area contributed by atoms with E-state index in [0.29, 0.717) is 0 Å². The van der Waals surface area contributed by atoms with E-state index < -0.39 is 25.8 Å². The number of nitrogens with zero attached hydrogens (tertiary/aromatic N) is 5. The molecule has 0 fully saturated rings. The molecule has 0 aromatic carbocycles. The van der Waals surface area contributed by atoms with Crippen LogP contribution in [-0.4, -0.2) is 43.9 Å². The predicted molar refractivity (Wildman–Crippen MR) is 48.6 cm³/mol. The van der Waals surface area contributed by atoms with E-state index in [4.69, 9.17) is 11.6 Å². The third-order valence-corrected chi connectivity index (χ3v) is 2.23. The molecule has 12 heteroatoms. The van der Waals surface area contributed by atoms with Gasteiger partial charge in [-0.05, 0) is 0 Å². The van der Waals surface area contributed by atoms with Crippen molar-refractivity contribution in [2.24, 2.45) is 4.99 Å². The minimum Gasteiger partial charge on any atom is -0.257 e. The molecule has 1 aliphatic heterocycles. The number of hydrogen-bond acceptors (Lipinski definition) is 7. The molecule has 0 atom stereocenters. The summed E-state index contributed by atoms with van der Waals surface area (Å²) in [5.74, 6) is -0.992. The van der Waals surface area contributed by atoms with Gasteiger partial charge in [0.15, 0.2) is 5.03 Å². The van der Waals surface area contributed by atoms with Crippen molar-refractivity contribution in [1.82, 2.24) is 5.01 Å². The number of amidine groups is 1. The Morgan fingerprint density at radius 3 is 2.12 bits per heavy atom. The fraction of sp³-hybridized carbons (Fsp3) is 0.750. The zero-order chi connectivity index (χ0) is 12.5. The van der Waals surface area contributed by atoms with Crippen molar-refractivity contribution >= 4 is 17.4 Å². The Labute approximate surface area is 91.7 Å². The van der Waals surface area contributed by atoms with Gasteiger partial charge in [0, 0.05) is 0 Å². The minimum atomic E-state index is -3.32. The summed E-state index contributed by atoms with van der Waals surface area (Å²) in [4.78, 5) is 32.0. The Bertz CT molecular complexity index is 380. The Balaban J connectivity index is 3.19. The van der Waals surface area contributed by atoms with Crippen LogP contribution < -0.4 is 0 Å². The highest BCUT2D eigenvalue weighted by Crippen LogP contribution is 2.24. The normalized spacial score (nSPS) is 15.8. The van der Waals surface area contributed by atoms with E-state index in [0.717, 1.165) is 0 Å². The molecule has 0 bridgehead atoms. The first-order valence-electron chi connectivity index (χ1n) is 3.76. The fourth-order valence-electron chi connectivity index (χ4n) is 1.09. The maximum Gasteiger partial charge on any atom is 0.601 e. The minimum absolute atomic E-state index is 0.160. The third kappa shape index (κ3) is 1.60. The summed E-state index contributed by atoms with van der Waals surface area (Å²) in [5.41, 5.74) is 0. The van der Waals surface area contributed by atoms with Crippen molar-refractivity contribution in [2.75, 3.05) is 13.1 Å². The second-order valence-corrected chi connectivity index (χ2v) is 3.19. The van der Waals surface area contributed by atoms with E-state index in [1.165, 1.54) is 0 Å². The number of halogens is 1. The maximum absolute atomic E-state index is 10.5. The molecule has 88 valence electrons. The van der Waals surface area contributed by atoms with Crippen LogP contribution in [0.4, 0.5) is 0 Å². The zero-order valence-corrected chi connectivity index (χ0v) is 8.23. The molecule has 0 aliphatic carbocycles. The quantitative estimate of drug-likeness (QED) is 0.212. The van der Waals surface area contributed by atoms with Crippen LogP contribution in [0.15, 0.2) is 4.99 Å². The first kappa shape index (κ1) is 12.0. The summed E-state index contributed by atoms with van der Waals surface area (Å²) in [6.45, 7) is -0.453. The topological polar surface area (TPSA) is 145 Å². The van der Waals surface area contributed by atoms with E-state index in [1.54, 1.807) is 0 Å². The average molecular weight is 254 g/mol. The van der Waals surface area contributed by atoms with Gasteiger partial charge in [0.2, 0.25) is 0 Å². The molecule has 0 amide bonds. The molecule has 1 rings (SSSR count). The van der Waals surface area contributed by atoms with Crippen molar-refractivity contribution in [3.63, 3.8) is 0 Å². The smallest absolute Gasteiger partial charge is 0.257 e. The number of hydrazine groups is 1. The van der Waals surface area contributed by atoms with Crippen molar-refractivity contribution in [2.45, 2.75) is 5.12 Å². The Kier molecular flexibility index (Phi) is 2.89. The predicted octanol–water partition coefficient (Wildman–Crippen LogP) is -0.662. The van der Waals surface area contributed by atoms with E-state index in [2.05, 4.69) is 4.99 Å². The van der Waals surface area contributed by atoms with E-state index >= 15 is 0 Å². The van der Waals surface area contributed by atoms with Gasteiger partial charge >= 0.3 is 11.0 Å². The van der Waals surface area contributed by atoms with Gasteiger partial charge in [0.25, 0.3) is 0 Å². The summed E-state index contributed by atoms with van der Waals surface area (Å²) in [6, 6.07) is 0. The fourth-order valence-corrected chi connectivity index (χ4v) is 1.25. The summed E-state index contributed by atoms with van der Waals surface area (Å²) >= 11 is 5.18. The molecule has 0 spiro atoms. The highest BCUT2D eigenvalue weighted by Gasteiger charge is 2.66. The molecule has 0 aromatic rings. The van der Waals surface area contributed by atoms with Gasteiger partial charge in [-0.2, -0.15) is 0 Å². The van der Waals surface area contributed by atoms with Crippen LogP contribution >= 0.6 is 11.6 Å². The van der Waals surface area contributed by atoms with E-state index in [9.17, 15) is 30.3 Å². The SMILES string of the molecule is O=[N+]([O-])N1CCN=C1C(Cl)([N+](=O)[O-])[N+](=O)[O-]. The monoisotopic (exact) mass is 253 g/mol. The van der Waals surface area contributed by atoms with Crippen LogP contribution in [0.2, 0.25) is 0 Å². The molecule has 0 saturated heterocycles. The lowest BCUT2D eigenvalue weighted by Crippen LogP contribution is -2.55. The Morgan fingerprint density at radius 2 is 1.75 bits per heavy atom. The van der Waals surface area contributed by atoms with Crippen LogP contribution in [0.1, 0.15) is 0 Å². The lowest BCUT2D eigenvalue weighted by atomic mass is 10.4. The summed E-state index contributed by atoms with van der Waals surface area (Å²) < 4.78 is 0. The van der Waals surface area contributed by atoms with Crippen LogP contribution in [0, 0.1) is 30.3 Å². The molecule has 1 heterocycles. The van der Waals surface area contributed by atoms with Gasteiger partial charge < -0.3 is 0 Å². The molecule has 16 heavy (non-hydrogen) atoms. The van der Waals surface area contributed by atoms with Crippen LogP contribution in [0.25, 0.3) is 0 Å². The molecular weight excluding hydrogens is 250 g/mol. The first-order chi connectivity index (χ1) is 7.31. The first-order valence-corrected chi connectivity index (χ1v) is 4.14. The maximum atomic E-state index is 10.5. The molecule has 0 N–H and O–H groups in total. The van der Waals surface area contributed by atoms with Crippen molar-refractivity contribution in [1.29, 1.82) is 0 Å². The van der Waals surface area contributed by atoms with Gasteiger partial charge in [0.05, 0.1) is 18.1 Å². The van der Waals surface area contributed by atoms with Gasteiger partial charge in [-0.1, -0.05) is 5.01 Å². The van der Waals surface area contributed by atoms with Gasteiger partial charge in [0.1, 0.15) is 16.4 Å². The van der Waals surface area contributed by atoms with Gasteiger partial charge in [-0.25, -0.2) is 10.1 Å². The molecule has 11 nitrogen and oxygen atoms in total. The van der Waals surface area contributed by atoms with Crippen molar-refractivity contribution in [3.05, 3.63) is 30.3 Å². The Hall–Kier alpha value is -2.04. The van der Waals surface area contributed by atoms with Gasteiger partial charge in [-0.15, -0.1) is 0 Å². The second kappa shape index (κ2) is 3.84. The standard InChI is InChI=1S/C4H4ClN5O6/c5-4(8(11)12,9(13)14)3-6-1-2-7(3)10(15)16/h1-2H2. The molecular formula is C4H4ClN5O6. The average Bonchev–Trinajstić information content (AvgIpc) is 2.64. The lowest BCUT2D eigenvalue weighted by Gasteiger charge is -2.12. The summed E-state index contributed by atoms with van der Waals surface area (Å²) in [6.07, 6.45) is 0. The molecule has 0 radical (unpaired) electrons. The van der Waals surface area contributed by atoms with Crippen LogP contribution in [0.3, 0.4) is 0 Å². The number of hydrogen-bond donors (Lipinski definition) is 0.